The Labute approximate surface area is 177 Å². The van der Waals surface area contributed by atoms with E-state index in [-0.39, 0.29) is 22.1 Å². The molecule has 2 heterocycles. The minimum Gasteiger partial charge on any atom is -0.389 e. The van der Waals surface area contributed by atoms with E-state index in [4.69, 9.17) is 0 Å². The van der Waals surface area contributed by atoms with E-state index in [2.05, 4.69) is 15.3 Å². The maximum atomic E-state index is 13.6. The summed E-state index contributed by atoms with van der Waals surface area (Å²) < 4.78 is 79.0. The first-order valence-corrected chi connectivity index (χ1v) is 9.69. The number of rotatable bonds is 6. The zero-order valence-electron chi connectivity index (χ0n) is 16.9. The smallest absolute Gasteiger partial charge is 0.389 e. The lowest BCUT2D eigenvalue weighted by atomic mass is 10.1. The Hall–Kier alpha value is -2.41. The predicted molar refractivity (Wildman–Crippen MR) is 103 cm³/mol. The van der Waals surface area contributed by atoms with Crippen LogP contribution in [-0.4, -0.2) is 45.3 Å². The van der Waals surface area contributed by atoms with Crippen LogP contribution in [0.5, 0.6) is 0 Å². The molecule has 2 aromatic heterocycles. The topological polar surface area (TPSA) is 87.1 Å². The van der Waals surface area contributed by atoms with Crippen molar-refractivity contribution in [2.24, 2.45) is 0 Å². The Morgan fingerprint density at radius 2 is 1.84 bits per heavy atom. The van der Waals surface area contributed by atoms with E-state index >= 15 is 0 Å². The van der Waals surface area contributed by atoms with Crippen LogP contribution in [-0.2, 0) is 6.18 Å². The number of thiazole rings is 1. The number of aromatic nitrogens is 2. The molecule has 6 nitrogen and oxygen atoms in total. The van der Waals surface area contributed by atoms with Crippen LogP contribution in [0.3, 0.4) is 0 Å². The van der Waals surface area contributed by atoms with Crippen molar-refractivity contribution >= 4 is 23.1 Å². The molecule has 0 aliphatic rings. The van der Waals surface area contributed by atoms with Crippen LogP contribution in [0.2, 0.25) is 0 Å². The molecule has 1 unspecified atom stereocenters. The number of anilines is 1. The maximum absolute atomic E-state index is 13.6. The average molecular weight is 470 g/mol. The number of alkyl halides is 6. The lowest BCUT2D eigenvalue weighted by Gasteiger charge is -2.19. The van der Waals surface area contributed by atoms with Crippen LogP contribution in [0.25, 0.3) is 10.4 Å². The second kappa shape index (κ2) is 8.61. The number of hydrogen-bond donors (Lipinski definition) is 3. The Bertz CT molecular complexity index is 950. The van der Waals surface area contributed by atoms with E-state index in [0.29, 0.717) is 17.4 Å². The third-order valence-corrected chi connectivity index (χ3v) is 5.17. The number of hydrogen-bond acceptors (Lipinski definition) is 6. The molecule has 2 rings (SSSR count). The van der Waals surface area contributed by atoms with Gasteiger partial charge in [-0.25, -0.2) is 9.97 Å². The van der Waals surface area contributed by atoms with Gasteiger partial charge in [0.05, 0.1) is 21.7 Å². The van der Waals surface area contributed by atoms with Gasteiger partial charge in [-0.3, -0.25) is 4.79 Å². The molecule has 0 fully saturated rings. The summed E-state index contributed by atoms with van der Waals surface area (Å²) in [6, 6.07) is -1.62. The summed E-state index contributed by atoms with van der Waals surface area (Å²) in [4.78, 5) is 19.9. The molecule has 0 saturated carbocycles. The second-order valence-electron chi connectivity index (χ2n) is 7.45. The van der Waals surface area contributed by atoms with Gasteiger partial charge in [0.2, 0.25) is 0 Å². The quantitative estimate of drug-likeness (QED) is 0.545. The number of carbonyl (C=O) groups excluding carboxylic acids is 1. The zero-order chi connectivity index (χ0) is 23.8. The van der Waals surface area contributed by atoms with Gasteiger partial charge in [0, 0.05) is 18.3 Å². The molecule has 1 atom stereocenters. The first-order chi connectivity index (χ1) is 14.0. The third kappa shape index (κ3) is 6.53. The van der Waals surface area contributed by atoms with E-state index in [1.54, 1.807) is 0 Å². The largest absolute Gasteiger partial charge is 0.417 e. The fourth-order valence-corrected chi connectivity index (χ4v) is 3.38. The summed E-state index contributed by atoms with van der Waals surface area (Å²) >= 11 is 0.680. The second-order valence-corrected chi connectivity index (χ2v) is 8.45. The van der Waals surface area contributed by atoms with Crippen LogP contribution in [0.15, 0.2) is 12.3 Å². The number of amides is 1. The summed E-state index contributed by atoms with van der Waals surface area (Å²) in [6.45, 7) is 4.98. The number of aryl methyl sites for hydroxylation is 1. The van der Waals surface area contributed by atoms with Crippen molar-refractivity contribution in [3.8, 4) is 10.4 Å². The molecule has 0 radical (unpaired) electrons. The van der Waals surface area contributed by atoms with Crippen molar-refractivity contribution in [2.75, 3.05) is 11.9 Å². The molecule has 13 heteroatoms. The molecule has 2 aromatic rings. The minimum atomic E-state index is -4.89. The zero-order valence-corrected chi connectivity index (χ0v) is 17.7. The summed E-state index contributed by atoms with van der Waals surface area (Å²) in [6.07, 6.45) is -8.76. The number of halogens is 6. The van der Waals surface area contributed by atoms with Gasteiger partial charge in [0.15, 0.2) is 5.01 Å². The van der Waals surface area contributed by atoms with E-state index in [0.717, 1.165) is 13.1 Å². The fourth-order valence-electron chi connectivity index (χ4n) is 2.37. The van der Waals surface area contributed by atoms with Crippen LogP contribution in [0.1, 0.15) is 41.8 Å². The Morgan fingerprint density at radius 3 is 2.35 bits per heavy atom. The molecule has 3 N–H and O–H groups in total. The van der Waals surface area contributed by atoms with Gasteiger partial charge in [-0.05, 0) is 33.8 Å². The van der Waals surface area contributed by atoms with Gasteiger partial charge in [-0.2, -0.15) is 26.3 Å². The summed E-state index contributed by atoms with van der Waals surface area (Å²) in [5.74, 6) is -1.27. The highest BCUT2D eigenvalue weighted by Crippen LogP contribution is 2.41. The van der Waals surface area contributed by atoms with Crippen LogP contribution >= 0.6 is 11.3 Å². The molecule has 0 saturated heterocycles. The standard InChI is InChI=1S/C18H20F6N4O2S/c1-8-13(31-15(27-8)14(29)26-7-16(3,4)30)10-6-25-12(5-11(10)18(22,23)24)28-9(2)17(19,20)21/h5-6,9,30H,7H2,1-4H3,(H,25,28)(H,26,29). The van der Waals surface area contributed by atoms with Gasteiger partial charge in [-0.1, -0.05) is 0 Å². The van der Waals surface area contributed by atoms with Crippen molar-refractivity contribution in [3.63, 3.8) is 0 Å². The lowest BCUT2D eigenvalue weighted by molar-refractivity contribution is -0.138. The highest BCUT2D eigenvalue weighted by atomic mass is 32.1. The fraction of sp³-hybridized carbons (Fsp3) is 0.500. The first-order valence-electron chi connectivity index (χ1n) is 8.88. The predicted octanol–water partition coefficient (Wildman–Crippen LogP) is 4.40. The molecule has 0 spiro atoms. The summed E-state index contributed by atoms with van der Waals surface area (Å²) in [5, 5.41) is 13.9. The molecular weight excluding hydrogens is 450 g/mol. The Balaban J connectivity index is 2.42. The average Bonchev–Trinajstić information content (AvgIpc) is 2.99. The monoisotopic (exact) mass is 470 g/mol. The van der Waals surface area contributed by atoms with Crippen molar-refractivity contribution in [2.45, 2.75) is 51.7 Å². The Morgan fingerprint density at radius 1 is 1.23 bits per heavy atom. The molecule has 0 bridgehead atoms. The highest BCUT2D eigenvalue weighted by molar-refractivity contribution is 7.17. The third-order valence-electron chi connectivity index (χ3n) is 3.98. The molecule has 31 heavy (non-hydrogen) atoms. The van der Waals surface area contributed by atoms with E-state index in [9.17, 15) is 36.2 Å². The van der Waals surface area contributed by atoms with Gasteiger partial charge in [0.1, 0.15) is 11.9 Å². The van der Waals surface area contributed by atoms with Crippen LogP contribution < -0.4 is 10.6 Å². The van der Waals surface area contributed by atoms with Gasteiger partial charge >= 0.3 is 12.4 Å². The maximum Gasteiger partial charge on any atom is 0.417 e. The number of aliphatic hydroxyl groups is 1. The highest BCUT2D eigenvalue weighted by Gasteiger charge is 2.38. The van der Waals surface area contributed by atoms with E-state index < -0.39 is 46.8 Å². The number of carbonyl (C=O) groups is 1. The number of nitrogens with one attached hydrogen (secondary N) is 2. The molecule has 0 aliphatic heterocycles. The van der Waals surface area contributed by atoms with E-state index in [1.807, 2.05) is 5.32 Å². The van der Waals surface area contributed by atoms with Gasteiger partial charge in [-0.15, -0.1) is 11.3 Å². The van der Waals surface area contributed by atoms with Crippen molar-refractivity contribution in [1.82, 2.24) is 15.3 Å². The summed E-state index contributed by atoms with van der Waals surface area (Å²) in [5.41, 5.74) is -2.70. The number of nitrogens with zero attached hydrogens (tertiary/aromatic N) is 2. The van der Waals surface area contributed by atoms with Gasteiger partial charge < -0.3 is 15.7 Å². The van der Waals surface area contributed by atoms with Crippen molar-refractivity contribution < 1.29 is 36.2 Å². The molecule has 1 amide bonds. The number of pyridine rings is 1. The minimum absolute atomic E-state index is 0.00338. The lowest BCUT2D eigenvalue weighted by Crippen LogP contribution is -2.38. The van der Waals surface area contributed by atoms with Crippen LogP contribution in [0.4, 0.5) is 32.2 Å². The summed E-state index contributed by atoms with van der Waals surface area (Å²) in [7, 11) is 0. The molecule has 0 aliphatic carbocycles. The molecule has 0 aromatic carbocycles. The van der Waals surface area contributed by atoms with Crippen molar-refractivity contribution in [3.05, 3.63) is 28.5 Å². The van der Waals surface area contributed by atoms with Gasteiger partial charge in [0.25, 0.3) is 5.91 Å². The van der Waals surface area contributed by atoms with Crippen LogP contribution in [0, 0.1) is 6.92 Å². The molecule has 172 valence electrons. The normalized spacial score (nSPS) is 13.8. The Kier molecular flexibility index (Phi) is 6.91. The van der Waals surface area contributed by atoms with Crippen molar-refractivity contribution in [1.29, 1.82) is 0 Å². The van der Waals surface area contributed by atoms with E-state index in [1.165, 1.54) is 20.8 Å². The first kappa shape index (κ1) is 24.9. The SMILES string of the molecule is Cc1nc(C(=O)NCC(C)(C)O)sc1-c1cnc(NC(C)C(F)(F)F)cc1C(F)(F)F. The molecular formula is C18H20F6N4O2S.